The molecule has 3 aromatic carbocycles. The van der Waals surface area contributed by atoms with Crippen LogP contribution in [-0.4, -0.2) is 25.1 Å². The van der Waals surface area contributed by atoms with Crippen molar-refractivity contribution in [3.05, 3.63) is 87.4 Å². The Morgan fingerprint density at radius 1 is 1.06 bits per heavy atom. The predicted molar refractivity (Wildman–Crippen MR) is 132 cm³/mol. The van der Waals surface area contributed by atoms with Crippen LogP contribution in [0.2, 0.25) is 5.02 Å². The highest BCUT2D eigenvalue weighted by Gasteiger charge is 2.09. The monoisotopic (exact) mass is 529 g/mol. The molecule has 0 fully saturated rings. The smallest absolute Gasteiger partial charge is 0.249 e. The van der Waals surface area contributed by atoms with Crippen LogP contribution in [-0.2, 0) is 16.2 Å². The Bertz CT molecular complexity index is 1150. The highest BCUT2D eigenvalue weighted by atomic mass is 79.9. The first-order valence-corrected chi connectivity index (χ1v) is 11.0. The average Bonchev–Trinajstić information content (AvgIpc) is 2.79. The Morgan fingerprint density at radius 3 is 2.58 bits per heavy atom. The Hall–Kier alpha value is -3.36. The summed E-state index contributed by atoms with van der Waals surface area (Å²) in [7, 11) is 1.53. The summed E-state index contributed by atoms with van der Waals surface area (Å²) in [4.78, 5) is 24.0. The zero-order chi connectivity index (χ0) is 23.6. The van der Waals surface area contributed by atoms with Gasteiger partial charge < -0.3 is 14.8 Å². The van der Waals surface area contributed by atoms with E-state index in [1.807, 2.05) is 30.3 Å². The van der Waals surface area contributed by atoms with E-state index in [0.717, 1.165) is 15.6 Å². The fraction of sp³-hybridized carbons (Fsp3) is 0.125. The van der Waals surface area contributed by atoms with Gasteiger partial charge in [0, 0.05) is 16.8 Å². The van der Waals surface area contributed by atoms with Crippen LogP contribution in [0.15, 0.2) is 76.3 Å². The summed E-state index contributed by atoms with van der Waals surface area (Å²) in [5.41, 5.74) is 4.62. The molecule has 0 heterocycles. The molecular formula is C24H21BrClN3O4. The van der Waals surface area contributed by atoms with Crippen LogP contribution in [0.4, 0.5) is 5.69 Å². The lowest BCUT2D eigenvalue weighted by molar-refractivity contribution is -0.126. The van der Waals surface area contributed by atoms with Crippen LogP contribution in [0, 0.1) is 0 Å². The van der Waals surface area contributed by atoms with Gasteiger partial charge in [-0.05, 0) is 69.5 Å². The maximum atomic E-state index is 12.0. The predicted octanol–water partition coefficient (Wildman–Crippen LogP) is 5.17. The molecule has 0 aliphatic heterocycles. The third-order valence-electron chi connectivity index (χ3n) is 4.34. The van der Waals surface area contributed by atoms with Crippen LogP contribution < -0.4 is 20.2 Å². The van der Waals surface area contributed by atoms with Crippen molar-refractivity contribution in [3.63, 3.8) is 0 Å². The molecule has 0 saturated heterocycles. The molecule has 0 radical (unpaired) electrons. The number of ether oxygens (including phenoxy) is 2. The minimum absolute atomic E-state index is 0.365. The summed E-state index contributed by atoms with van der Waals surface area (Å²) in [6, 6.07) is 19.7. The van der Waals surface area contributed by atoms with Gasteiger partial charge in [-0.2, -0.15) is 5.10 Å². The van der Waals surface area contributed by atoms with E-state index < -0.39 is 11.8 Å². The van der Waals surface area contributed by atoms with E-state index in [-0.39, 0.29) is 6.42 Å². The molecule has 170 valence electrons. The third-order valence-corrected chi connectivity index (χ3v) is 5.21. The summed E-state index contributed by atoms with van der Waals surface area (Å²) in [5.74, 6) is 0.282. The topological polar surface area (TPSA) is 89.0 Å². The van der Waals surface area contributed by atoms with Crippen LogP contribution in [0.25, 0.3) is 0 Å². The molecule has 0 unspecified atom stereocenters. The van der Waals surface area contributed by atoms with Gasteiger partial charge in [-0.15, -0.1) is 0 Å². The van der Waals surface area contributed by atoms with Gasteiger partial charge in [0.25, 0.3) is 0 Å². The lowest BCUT2D eigenvalue weighted by atomic mass is 10.2. The van der Waals surface area contributed by atoms with Crippen molar-refractivity contribution in [2.24, 2.45) is 5.10 Å². The number of anilines is 1. The highest BCUT2D eigenvalue weighted by molar-refractivity contribution is 9.10. The number of methoxy groups -OCH3 is 1. The van der Waals surface area contributed by atoms with E-state index in [2.05, 4.69) is 31.8 Å². The summed E-state index contributed by atoms with van der Waals surface area (Å²) in [6.07, 6.45) is 1.11. The summed E-state index contributed by atoms with van der Waals surface area (Å²) < 4.78 is 11.7. The van der Waals surface area contributed by atoms with Crippen molar-refractivity contribution in [1.29, 1.82) is 0 Å². The van der Waals surface area contributed by atoms with Crippen LogP contribution in [0.1, 0.15) is 17.5 Å². The number of amides is 2. The SMILES string of the molecule is COc1cccc(NC(=O)CC(=O)NN=Cc2ccc(OCc3ccc(Cl)cc3)c(Br)c2)c1. The van der Waals surface area contributed by atoms with E-state index in [1.165, 1.54) is 13.3 Å². The number of nitrogens with one attached hydrogen (secondary N) is 2. The molecular weight excluding hydrogens is 510 g/mol. The first kappa shape index (κ1) is 24.3. The quantitative estimate of drug-likeness (QED) is 0.227. The molecule has 33 heavy (non-hydrogen) atoms. The maximum absolute atomic E-state index is 12.0. The minimum Gasteiger partial charge on any atom is -0.497 e. The van der Waals surface area contributed by atoms with Crippen molar-refractivity contribution >= 4 is 51.2 Å². The molecule has 0 atom stereocenters. The fourth-order valence-electron chi connectivity index (χ4n) is 2.73. The number of hydrogen-bond donors (Lipinski definition) is 2. The van der Waals surface area contributed by atoms with Crippen LogP contribution in [0.3, 0.4) is 0 Å². The van der Waals surface area contributed by atoms with Crippen LogP contribution >= 0.6 is 27.5 Å². The number of benzene rings is 3. The second kappa shape index (κ2) is 12.0. The summed E-state index contributed by atoms with van der Waals surface area (Å²) in [5, 5.41) is 7.21. The van der Waals surface area contributed by atoms with E-state index >= 15 is 0 Å². The number of halogens is 2. The average molecular weight is 531 g/mol. The molecule has 0 saturated carbocycles. The van der Waals surface area contributed by atoms with Gasteiger partial charge in [0.05, 0.1) is 17.8 Å². The number of carbonyl (C=O) groups is 2. The molecule has 3 rings (SSSR count). The zero-order valence-corrected chi connectivity index (χ0v) is 20.0. The number of nitrogens with zero attached hydrogens (tertiary/aromatic N) is 1. The molecule has 9 heteroatoms. The second-order valence-electron chi connectivity index (χ2n) is 6.86. The first-order valence-electron chi connectivity index (χ1n) is 9.85. The van der Waals surface area contributed by atoms with Gasteiger partial charge in [0.2, 0.25) is 11.8 Å². The van der Waals surface area contributed by atoms with Crippen molar-refractivity contribution in [3.8, 4) is 11.5 Å². The van der Waals surface area contributed by atoms with Gasteiger partial charge >= 0.3 is 0 Å². The fourth-order valence-corrected chi connectivity index (χ4v) is 3.36. The Labute approximate surface area is 204 Å². The molecule has 2 amide bonds. The zero-order valence-electron chi connectivity index (χ0n) is 17.7. The Morgan fingerprint density at radius 2 is 1.85 bits per heavy atom. The van der Waals surface area contributed by atoms with E-state index in [9.17, 15) is 9.59 Å². The van der Waals surface area contributed by atoms with Crippen molar-refractivity contribution in [2.75, 3.05) is 12.4 Å². The van der Waals surface area contributed by atoms with Gasteiger partial charge in [0.15, 0.2) is 0 Å². The molecule has 0 aliphatic carbocycles. The molecule has 3 aromatic rings. The van der Waals surface area contributed by atoms with Crippen molar-refractivity contribution in [2.45, 2.75) is 13.0 Å². The Balaban J connectivity index is 1.46. The van der Waals surface area contributed by atoms with Crippen molar-refractivity contribution < 1.29 is 19.1 Å². The lowest BCUT2D eigenvalue weighted by Gasteiger charge is -2.09. The minimum atomic E-state index is -0.534. The molecule has 0 bridgehead atoms. The number of hydrazone groups is 1. The van der Waals surface area contributed by atoms with Gasteiger partial charge in [-0.3, -0.25) is 9.59 Å². The van der Waals surface area contributed by atoms with Gasteiger partial charge in [-0.1, -0.05) is 29.8 Å². The highest BCUT2D eigenvalue weighted by Crippen LogP contribution is 2.26. The summed E-state index contributed by atoms with van der Waals surface area (Å²) >= 11 is 9.36. The van der Waals surface area contributed by atoms with E-state index in [1.54, 1.807) is 36.4 Å². The normalized spacial score (nSPS) is 10.6. The van der Waals surface area contributed by atoms with Gasteiger partial charge in [-0.25, -0.2) is 5.43 Å². The van der Waals surface area contributed by atoms with Crippen LogP contribution in [0.5, 0.6) is 11.5 Å². The van der Waals surface area contributed by atoms with E-state index in [4.69, 9.17) is 21.1 Å². The first-order chi connectivity index (χ1) is 15.9. The summed E-state index contributed by atoms with van der Waals surface area (Å²) in [6.45, 7) is 0.400. The molecule has 0 spiro atoms. The van der Waals surface area contributed by atoms with E-state index in [0.29, 0.717) is 28.8 Å². The molecule has 0 aliphatic rings. The van der Waals surface area contributed by atoms with Crippen molar-refractivity contribution in [1.82, 2.24) is 5.43 Å². The maximum Gasteiger partial charge on any atom is 0.249 e. The number of rotatable bonds is 9. The lowest BCUT2D eigenvalue weighted by Crippen LogP contribution is -2.24. The second-order valence-corrected chi connectivity index (χ2v) is 8.15. The molecule has 2 N–H and O–H groups in total. The standard InChI is InChI=1S/C24H21BrClN3O4/c1-32-20-4-2-3-19(12-20)28-23(30)13-24(31)29-27-14-17-7-10-22(21(25)11-17)33-15-16-5-8-18(26)9-6-16/h2-12,14H,13,15H2,1H3,(H,28,30)(H,29,31). The largest absolute Gasteiger partial charge is 0.497 e. The molecule has 0 aromatic heterocycles. The number of carbonyl (C=O) groups excluding carboxylic acids is 2. The van der Waals surface area contributed by atoms with Gasteiger partial charge in [0.1, 0.15) is 24.5 Å². The molecule has 7 nitrogen and oxygen atoms in total. The Kier molecular flexibility index (Phi) is 8.86. The third kappa shape index (κ3) is 7.93. The number of hydrogen-bond acceptors (Lipinski definition) is 5.